The fourth-order valence-electron chi connectivity index (χ4n) is 2.40. The Kier molecular flexibility index (Phi) is 11.4. The van der Waals surface area contributed by atoms with Gasteiger partial charge in [-0.05, 0) is 30.7 Å². The van der Waals surface area contributed by atoms with E-state index >= 15 is 0 Å². The second kappa shape index (κ2) is 12.9. The monoisotopic (exact) mass is 345 g/mol. The summed E-state index contributed by atoms with van der Waals surface area (Å²) in [6.45, 7) is 4.67. The summed E-state index contributed by atoms with van der Waals surface area (Å²) in [6.07, 6.45) is 7.72. The summed E-state index contributed by atoms with van der Waals surface area (Å²) in [5.74, 6) is 2.15. The predicted molar refractivity (Wildman–Crippen MR) is 99.0 cm³/mol. The second-order valence-electron chi connectivity index (χ2n) is 5.48. The van der Waals surface area contributed by atoms with E-state index in [9.17, 15) is 0 Å². The molecule has 0 atom stereocenters. The Morgan fingerprint density at radius 1 is 0.864 bits per heavy atom. The molecule has 4 heteroatoms. The fourth-order valence-corrected chi connectivity index (χ4v) is 2.81. The molecular weight excluding hydrogens is 317 g/mol. The van der Waals surface area contributed by atoms with E-state index in [2.05, 4.69) is 24.0 Å². The van der Waals surface area contributed by atoms with Crippen molar-refractivity contribution in [2.45, 2.75) is 45.4 Å². The van der Waals surface area contributed by atoms with Crippen molar-refractivity contribution < 1.29 is 4.74 Å². The topological polar surface area (TPSA) is 12.5 Å². The van der Waals surface area contributed by atoms with Gasteiger partial charge in [-0.15, -0.1) is 23.2 Å². The van der Waals surface area contributed by atoms with Crippen LogP contribution in [0.3, 0.4) is 0 Å². The van der Waals surface area contributed by atoms with Crippen molar-refractivity contribution in [3.63, 3.8) is 0 Å². The molecule has 1 rings (SSSR count). The molecule has 0 aromatic heterocycles. The zero-order chi connectivity index (χ0) is 16.0. The third-order valence-corrected chi connectivity index (χ3v) is 4.02. The molecule has 0 spiro atoms. The first-order valence-corrected chi connectivity index (χ1v) is 9.48. The molecular formula is C18H29Cl2NO. The summed E-state index contributed by atoms with van der Waals surface area (Å²) in [4.78, 5) is 2.19. The maximum atomic E-state index is 5.83. The number of hydrogen-bond donors (Lipinski definition) is 0. The molecule has 0 aliphatic rings. The fraction of sp³-hybridized carbons (Fsp3) is 0.667. The lowest BCUT2D eigenvalue weighted by Crippen LogP contribution is -2.27. The van der Waals surface area contributed by atoms with Gasteiger partial charge in [-0.25, -0.2) is 0 Å². The van der Waals surface area contributed by atoms with Gasteiger partial charge in [0, 0.05) is 30.5 Å². The molecule has 0 N–H and O–H groups in total. The summed E-state index contributed by atoms with van der Waals surface area (Å²) in [5, 5.41) is 0. The van der Waals surface area contributed by atoms with Crippen LogP contribution in [0.4, 0.5) is 5.69 Å². The third-order valence-electron chi connectivity index (χ3n) is 3.68. The van der Waals surface area contributed by atoms with Crippen molar-refractivity contribution in [2.75, 3.05) is 36.4 Å². The summed E-state index contributed by atoms with van der Waals surface area (Å²) in [6, 6.07) is 8.22. The van der Waals surface area contributed by atoms with Crippen LogP contribution in [0.15, 0.2) is 24.3 Å². The van der Waals surface area contributed by atoms with Gasteiger partial charge in [0.1, 0.15) is 5.75 Å². The van der Waals surface area contributed by atoms with Crippen molar-refractivity contribution in [2.24, 2.45) is 0 Å². The van der Waals surface area contributed by atoms with Crippen LogP contribution in [0, 0.1) is 0 Å². The van der Waals surface area contributed by atoms with E-state index in [1.54, 1.807) is 0 Å². The van der Waals surface area contributed by atoms with Crippen molar-refractivity contribution in [1.29, 1.82) is 0 Å². The molecule has 1 aromatic carbocycles. The molecule has 0 saturated carbocycles. The van der Waals surface area contributed by atoms with Gasteiger partial charge in [0.05, 0.1) is 6.61 Å². The maximum Gasteiger partial charge on any atom is 0.119 e. The zero-order valence-corrected chi connectivity index (χ0v) is 15.2. The molecule has 0 bridgehead atoms. The van der Waals surface area contributed by atoms with Crippen molar-refractivity contribution >= 4 is 28.9 Å². The highest BCUT2D eigenvalue weighted by molar-refractivity contribution is 6.18. The Morgan fingerprint density at radius 2 is 1.45 bits per heavy atom. The summed E-state index contributed by atoms with van der Waals surface area (Å²) >= 11 is 11.7. The highest BCUT2D eigenvalue weighted by atomic mass is 35.5. The third kappa shape index (κ3) is 8.14. The van der Waals surface area contributed by atoms with E-state index in [1.807, 2.05) is 12.1 Å². The van der Waals surface area contributed by atoms with E-state index in [1.165, 1.54) is 32.1 Å². The van der Waals surface area contributed by atoms with Crippen LogP contribution in [-0.4, -0.2) is 31.5 Å². The highest BCUT2D eigenvalue weighted by Gasteiger charge is 2.05. The molecule has 1 aromatic rings. The first-order chi connectivity index (χ1) is 10.8. The standard InChI is InChI=1S/C18H29Cl2NO/c1-2-3-4-5-6-7-16-22-18-10-8-17(9-11-18)21(14-12-19)15-13-20/h8-11H,2-7,12-16H2,1H3. The molecule has 126 valence electrons. The molecule has 0 fully saturated rings. The van der Waals surface area contributed by atoms with Gasteiger partial charge in [-0.2, -0.15) is 0 Å². The summed E-state index contributed by atoms with van der Waals surface area (Å²) in [7, 11) is 0. The minimum atomic E-state index is 0.604. The quantitative estimate of drug-likeness (QED) is 0.335. The zero-order valence-electron chi connectivity index (χ0n) is 13.7. The molecule has 0 radical (unpaired) electrons. The van der Waals surface area contributed by atoms with Crippen molar-refractivity contribution in [3.05, 3.63) is 24.3 Å². The minimum absolute atomic E-state index is 0.604. The molecule has 0 aliphatic heterocycles. The molecule has 0 amide bonds. The Morgan fingerprint density at radius 3 is 2.05 bits per heavy atom. The van der Waals surface area contributed by atoms with Gasteiger partial charge in [0.2, 0.25) is 0 Å². The normalized spacial score (nSPS) is 10.7. The lowest BCUT2D eigenvalue weighted by Gasteiger charge is -2.23. The molecule has 22 heavy (non-hydrogen) atoms. The molecule has 0 aliphatic carbocycles. The number of hydrogen-bond acceptors (Lipinski definition) is 2. The van der Waals surface area contributed by atoms with E-state index < -0.39 is 0 Å². The van der Waals surface area contributed by atoms with Gasteiger partial charge in [0.25, 0.3) is 0 Å². The van der Waals surface area contributed by atoms with E-state index in [4.69, 9.17) is 27.9 Å². The SMILES string of the molecule is CCCCCCCCOc1ccc(N(CCCl)CCCl)cc1. The number of rotatable bonds is 13. The van der Waals surface area contributed by atoms with Crippen LogP contribution < -0.4 is 9.64 Å². The number of benzene rings is 1. The van der Waals surface area contributed by atoms with Crippen LogP contribution in [0.2, 0.25) is 0 Å². The van der Waals surface area contributed by atoms with Crippen molar-refractivity contribution in [1.82, 2.24) is 0 Å². The van der Waals surface area contributed by atoms with Crippen LogP contribution in [-0.2, 0) is 0 Å². The lowest BCUT2D eigenvalue weighted by molar-refractivity contribution is 0.304. The number of ether oxygens (including phenoxy) is 1. The average molecular weight is 346 g/mol. The van der Waals surface area contributed by atoms with Gasteiger partial charge in [0.15, 0.2) is 0 Å². The largest absolute Gasteiger partial charge is 0.494 e. The van der Waals surface area contributed by atoms with Crippen LogP contribution >= 0.6 is 23.2 Å². The number of nitrogens with zero attached hydrogens (tertiary/aromatic N) is 1. The Hall–Kier alpha value is -0.600. The smallest absolute Gasteiger partial charge is 0.119 e. The van der Waals surface area contributed by atoms with Gasteiger partial charge < -0.3 is 9.64 Å². The molecule has 0 saturated heterocycles. The number of anilines is 1. The highest BCUT2D eigenvalue weighted by Crippen LogP contribution is 2.20. The number of unbranched alkanes of at least 4 members (excludes halogenated alkanes) is 5. The number of halogens is 2. The Bertz CT molecular complexity index is 364. The maximum absolute atomic E-state index is 5.83. The summed E-state index contributed by atoms with van der Waals surface area (Å²) < 4.78 is 5.80. The van der Waals surface area contributed by atoms with E-state index in [0.717, 1.165) is 37.6 Å². The van der Waals surface area contributed by atoms with Crippen LogP contribution in [0.25, 0.3) is 0 Å². The van der Waals surface area contributed by atoms with E-state index in [0.29, 0.717) is 11.8 Å². The Balaban J connectivity index is 2.28. The van der Waals surface area contributed by atoms with E-state index in [-0.39, 0.29) is 0 Å². The number of alkyl halides is 2. The second-order valence-corrected chi connectivity index (χ2v) is 6.23. The first kappa shape index (κ1) is 19.4. The minimum Gasteiger partial charge on any atom is -0.494 e. The van der Waals surface area contributed by atoms with Gasteiger partial charge >= 0.3 is 0 Å². The van der Waals surface area contributed by atoms with Gasteiger partial charge in [-0.3, -0.25) is 0 Å². The first-order valence-electron chi connectivity index (χ1n) is 8.41. The average Bonchev–Trinajstić information content (AvgIpc) is 2.54. The van der Waals surface area contributed by atoms with Crippen LogP contribution in [0.1, 0.15) is 45.4 Å². The van der Waals surface area contributed by atoms with Crippen LogP contribution in [0.5, 0.6) is 5.75 Å². The molecule has 0 heterocycles. The lowest BCUT2D eigenvalue weighted by atomic mass is 10.1. The molecule has 2 nitrogen and oxygen atoms in total. The predicted octanol–water partition coefficient (Wildman–Crippen LogP) is 5.71. The van der Waals surface area contributed by atoms with Crippen molar-refractivity contribution in [3.8, 4) is 5.75 Å². The molecule has 0 unspecified atom stereocenters. The van der Waals surface area contributed by atoms with Gasteiger partial charge in [-0.1, -0.05) is 39.0 Å². The summed E-state index contributed by atoms with van der Waals surface area (Å²) in [5.41, 5.74) is 1.15. The Labute approximate surface area is 145 Å².